The minimum absolute atomic E-state index is 0.0266. The zero-order valence-corrected chi connectivity index (χ0v) is 21.8. The molecular formula is C27H26ClN5O5. The van der Waals surface area contributed by atoms with Crippen LogP contribution in [0.2, 0.25) is 5.02 Å². The number of aromatic nitrogens is 2. The molecule has 5 rings (SSSR count). The molecule has 1 aliphatic rings. The van der Waals surface area contributed by atoms with Gasteiger partial charge in [-0.3, -0.25) is 14.4 Å². The lowest BCUT2D eigenvalue weighted by molar-refractivity contribution is -0.124. The summed E-state index contributed by atoms with van der Waals surface area (Å²) in [5.41, 5.74) is 1.85. The van der Waals surface area contributed by atoms with Crippen molar-refractivity contribution in [2.24, 2.45) is 0 Å². The van der Waals surface area contributed by atoms with Crippen LogP contribution in [0.3, 0.4) is 0 Å². The molecule has 2 heterocycles. The Kier molecular flexibility index (Phi) is 6.58. The molecule has 1 aliphatic carbocycles. The highest BCUT2D eigenvalue weighted by Crippen LogP contribution is 2.36. The molecule has 1 fully saturated rings. The summed E-state index contributed by atoms with van der Waals surface area (Å²) in [6.07, 6.45) is 1.05. The van der Waals surface area contributed by atoms with Gasteiger partial charge in [0.1, 0.15) is 11.2 Å². The quantitative estimate of drug-likeness (QED) is 0.356. The van der Waals surface area contributed by atoms with Gasteiger partial charge in [0.2, 0.25) is 11.7 Å². The molecule has 3 amide bonds. The number of rotatable bonds is 8. The van der Waals surface area contributed by atoms with Crippen molar-refractivity contribution in [2.45, 2.75) is 24.9 Å². The van der Waals surface area contributed by atoms with E-state index in [0.717, 1.165) is 22.2 Å². The maximum atomic E-state index is 13.0. The normalized spacial score (nSPS) is 13.7. The summed E-state index contributed by atoms with van der Waals surface area (Å²) in [5, 5.41) is 10.4. The summed E-state index contributed by atoms with van der Waals surface area (Å²) in [6.45, 7) is 0.267. The molecule has 0 bridgehead atoms. The van der Waals surface area contributed by atoms with Crippen molar-refractivity contribution in [3.63, 3.8) is 0 Å². The van der Waals surface area contributed by atoms with Gasteiger partial charge in [0.25, 0.3) is 17.7 Å². The summed E-state index contributed by atoms with van der Waals surface area (Å²) in [7, 11) is 4.79. The summed E-state index contributed by atoms with van der Waals surface area (Å²) >= 11 is 6.64. The fraction of sp³-hybridized carbons (Fsp3) is 0.259. The maximum Gasteiger partial charge on any atom is 0.290 e. The van der Waals surface area contributed by atoms with Gasteiger partial charge in [-0.2, -0.15) is 0 Å². The predicted octanol–water partition coefficient (Wildman–Crippen LogP) is 3.56. The average molecular weight is 536 g/mol. The van der Waals surface area contributed by atoms with Crippen molar-refractivity contribution in [1.82, 2.24) is 25.3 Å². The Morgan fingerprint density at radius 1 is 1.13 bits per heavy atom. The first-order valence-corrected chi connectivity index (χ1v) is 12.3. The molecule has 38 heavy (non-hydrogen) atoms. The van der Waals surface area contributed by atoms with E-state index in [-0.39, 0.29) is 30.0 Å². The second-order valence-corrected chi connectivity index (χ2v) is 9.71. The molecule has 2 N–H and O–H groups in total. The summed E-state index contributed by atoms with van der Waals surface area (Å²) < 4.78 is 11.7. The second-order valence-electron chi connectivity index (χ2n) is 9.33. The van der Waals surface area contributed by atoms with E-state index >= 15 is 0 Å². The third-order valence-electron chi connectivity index (χ3n) is 6.53. The number of carbonyl (C=O) groups is 3. The molecule has 0 radical (unpaired) electrons. The number of halogens is 1. The number of fused-ring (bicyclic) bond motifs is 1. The molecule has 0 atom stereocenters. The van der Waals surface area contributed by atoms with E-state index in [2.05, 4.69) is 15.8 Å². The first kappa shape index (κ1) is 25.3. The molecule has 4 aromatic rings. The van der Waals surface area contributed by atoms with E-state index in [1.165, 1.54) is 18.1 Å². The fourth-order valence-corrected chi connectivity index (χ4v) is 4.58. The van der Waals surface area contributed by atoms with E-state index in [1.54, 1.807) is 14.1 Å². The van der Waals surface area contributed by atoms with E-state index in [1.807, 2.05) is 53.1 Å². The number of ether oxygens (including phenoxy) is 1. The number of hydrogen-bond donors (Lipinski definition) is 2. The molecular weight excluding hydrogens is 510 g/mol. The largest absolute Gasteiger partial charge is 0.479 e. The third-order valence-corrected chi connectivity index (χ3v) is 6.91. The highest BCUT2D eigenvalue weighted by atomic mass is 35.5. The molecule has 196 valence electrons. The average Bonchev–Trinajstić information content (AvgIpc) is 3.43. The lowest BCUT2D eigenvalue weighted by Crippen LogP contribution is -2.48. The number of amides is 3. The van der Waals surface area contributed by atoms with Gasteiger partial charge in [0.15, 0.2) is 0 Å². The van der Waals surface area contributed by atoms with E-state index in [9.17, 15) is 14.4 Å². The molecule has 0 spiro atoms. The van der Waals surface area contributed by atoms with Gasteiger partial charge in [-0.15, -0.1) is 0 Å². The van der Waals surface area contributed by atoms with Gasteiger partial charge in [0, 0.05) is 31.7 Å². The van der Waals surface area contributed by atoms with Gasteiger partial charge >= 0.3 is 0 Å². The Morgan fingerprint density at radius 3 is 2.47 bits per heavy atom. The van der Waals surface area contributed by atoms with Crippen LogP contribution in [0, 0.1) is 0 Å². The Balaban J connectivity index is 1.30. The van der Waals surface area contributed by atoms with Crippen LogP contribution in [0.25, 0.3) is 16.6 Å². The minimum Gasteiger partial charge on any atom is -0.479 e. The van der Waals surface area contributed by atoms with Crippen molar-refractivity contribution >= 4 is 40.2 Å². The Labute approximate surface area is 223 Å². The standard InChI is InChI=1S/C27H26ClN5O5/c1-32(2)25(35)23-22(28)18-6-4-5-7-19(18)33(23)17-10-8-16(9-11-17)15-29-26(36)27(12-13-27)30-24(34)20-14-21(37-3)31-38-20/h4-11,14H,12-13,15H2,1-3H3,(H,29,36)(H,30,34). The number of nitrogens with one attached hydrogen (secondary N) is 2. The lowest BCUT2D eigenvalue weighted by Gasteiger charge is -2.17. The number of para-hydroxylation sites is 1. The molecule has 0 unspecified atom stereocenters. The van der Waals surface area contributed by atoms with Crippen LogP contribution in [0.4, 0.5) is 0 Å². The number of carbonyl (C=O) groups excluding carboxylic acids is 3. The zero-order chi connectivity index (χ0) is 27.0. The van der Waals surface area contributed by atoms with Crippen LogP contribution < -0.4 is 15.4 Å². The highest BCUT2D eigenvalue weighted by Gasteiger charge is 2.51. The van der Waals surface area contributed by atoms with Gasteiger partial charge < -0.3 is 29.4 Å². The van der Waals surface area contributed by atoms with Gasteiger partial charge in [-0.05, 0) is 41.8 Å². The van der Waals surface area contributed by atoms with Gasteiger partial charge in [-0.25, -0.2) is 0 Å². The number of methoxy groups -OCH3 is 1. The molecule has 11 heteroatoms. The predicted molar refractivity (Wildman–Crippen MR) is 141 cm³/mol. The third kappa shape index (κ3) is 4.58. The van der Waals surface area contributed by atoms with Crippen molar-refractivity contribution < 1.29 is 23.6 Å². The van der Waals surface area contributed by atoms with E-state index in [4.69, 9.17) is 20.9 Å². The van der Waals surface area contributed by atoms with Crippen LogP contribution in [0.5, 0.6) is 5.88 Å². The number of hydrogen-bond acceptors (Lipinski definition) is 6. The van der Waals surface area contributed by atoms with Crippen LogP contribution >= 0.6 is 11.6 Å². The van der Waals surface area contributed by atoms with Crippen molar-refractivity contribution in [3.05, 3.63) is 76.6 Å². The van der Waals surface area contributed by atoms with E-state index < -0.39 is 11.4 Å². The number of nitrogens with zero attached hydrogens (tertiary/aromatic N) is 3. The smallest absolute Gasteiger partial charge is 0.290 e. The SMILES string of the molecule is COc1cc(C(=O)NC2(C(=O)NCc3ccc(-n4c(C(=O)N(C)C)c(Cl)c5ccccc54)cc3)CC2)on1. The highest BCUT2D eigenvalue weighted by molar-refractivity contribution is 6.39. The molecule has 0 aliphatic heterocycles. The fourth-order valence-electron chi connectivity index (χ4n) is 4.26. The first-order valence-electron chi connectivity index (χ1n) is 12.0. The minimum atomic E-state index is -0.973. The topological polar surface area (TPSA) is 119 Å². The van der Waals surface area contributed by atoms with Crippen LogP contribution in [-0.2, 0) is 11.3 Å². The Hall–Kier alpha value is -4.31. The molecule has 10 nitrogen and oxygen atoms in total. The second kappa shape index (κ2) is 9.86. The van der Waals surface area contributed by atoms with Crippen LogP contribution in [-0.4, -0.2) is 59.1 Å². The maximum absolute atomic E-state index is 13.0. The number of benzene rings is 2. The summed E-state index contributed by atoms with van der Waals surface area (Å²) in [6, 6.07) is 16.5. The van der Waals surface area contributed by atoms with Crippen LogP contribution in [0.15, 0.2) is 59.1 Å². The lowest BCUT2D eigenvalue weighted by atomic mass is 10.1. The van der Waals surface area contributed by atoms with Crippen molar-refractivity contribution in [1.29, 1.82) is 0 Å². The Bertz CT molecular complexity index is 1540. The van der Waals surface area contributed by atoms with Crippen LogP contribution in [0.1, 0.15) is 39.4 Å². The molecule has 0 saturated heterocycles. The van der Waals surface area contributed by atoms with E-state index in [0.29, 0.717) is 23.6 Å². The molecule has 2 aromatic carbocycles. The monoisotopic (exact) mass is 535 g/mol. The Morgan fingerprint density at radius 2 is 1.84 bits per heavy atom. The summed E-state index contributed by atoms with van der Waals surface area (Å²) in [4.78, 5) is 39.8. The summed E-state index contributed by atoms with van der Waals surface area (Å²) in [5.74, 6) is -0.854. The molecule has 2 aromatic heterocycles. The van der Waals surface area contributed by atoms with Crippen molar-refractivity contribution in [2.75, 3.05) is 21.2 Å². The first-order chi connectivity index (χ1) is 18.2. The molecule has 1 saturated carbocycles. The zero-order valence-electron chi connectivity index (χ0n) is 21.1. The van der Waals surface area contributed by atoms with Gasteiger partial charge in [-0.1, -0.05) is 41.9 Å². The van der Waals surface area contributed by atoms with Crippen molar-refractivity contribution in [3.8, 4) is 11.6 Å². The van der Waals surface area contributed by atoms with Gasteiger partial charge in [0.05, 0.1) is 23.7 Å².